The Morgan fingerprint density at radius 3 is 1.97 bits per heavy atom. The van der Waals surface area contributed by atoms with Gasteiger partial charge < -0.3 is 25.0 Å². The molecule has 196 valence electrons. The molecule has 0 unspecified atom stereocenters. The van der Waals surface area contributed by atoms with E-state index in [4.69, 9.17) is 9.47 Å². The molecule has 3 aromatic rings. The Kier molecular flexibility index (Phi) is 7.86. The van der Waals surface area contributed by atoms with Crippen LogP contribution in [0.5, 0.6) is 0 Å². The second-order valence-electron chi connectivity index (χ2n) is 9.91. The minimum absolute atomic E-state index is 0.0740. The maximum atomic E-state index is 13.5. The lowest BCUT2D eigenvalue weighted by Crippen LogP contribution is -2.42. The maximum Gasteiger partial charge on any atom is 0.269 e. The fourth-order valence-corrected chi connectivity index (χ4v) is 4.77. The number of nitrogens with zero attached hydrogens (tertiary/aromatic N) is 1. The van der Waals surface area contributed by atoms with Crippen molar-refractivity contribution in [3.05, 3.63) is 119 Å². The van der Waals surface area contributed by atoms with Crippen LogP contribution in [0.3, 0.4) is 0 Å². The van der Waals surface area contributed by atoms with E-state index in [1.54, 1.807) is 24.3 Å². The van der Waals surface area contributed by atoms with E-state index in [0.717, 1.165) is 17.7 Å². The molecule has 3 aromatic carbocycles. The number of nitrogens with one attached hydrogen (secondary N) is 2. The molecule has 0 radical (unpaired) electrons. The average molecular weight is 512 g/mol. The number of rotatable bonds is 10. The van der Waals surface area contributed by atoms with Gasteiger partial charge in [0.25, 0.3) is 11.8 Å². The van der Waals surface area contributed by atoms with Gasteiger partial charge in [0.05, 0.1) is 25.0 Å². The molecular formula is C31H33N3O4. The third-order valence-corrected chi connectivity index (χ3v) is 6.64. The Balaban J connectivity index is 1.48. The number of ether oxygens (including phenoxy) is 2. The lowest BCUT2D eigenvalue weighted by Gasteiger charge is -2.26. The Morgan fingerprint density at radius 1 is 0.842 bits per heavy atom. The summed E-state index contributed by atoms with van der Waals surface area (Å²) in [5.41, 5.74) is 3.42. The lowest BCUT2D eigenvalue weighted by molar-refractivity contribution is -0.118. The van der Waals surface area contributed by atoms with Crippen molar-refractivity contribution in [1.82, 2.24) is 15.5 Å². The monoisotopic (exact) mass is 511 g/mol. The second kappa shape index (κ2) is 11.6. The molecule has 0 aliphatic carbocycles. The molecule has 7 heteroatoms. The first-order chi connectivity index (χ1) is 18.5. The molecule has 0 saturated carbocycles. The van der Waals surface area contributed by atoms with Crippen molar-refractivity contribution in [2.75, 3.05) is 6.54 Å². The van der Waals surface area contributed by atoms with Gasteiger partial charge in [-0.1, -0.05) is 78.9 Å². The zero-order valence-electron chi connectivity index (χ0n) is 21.7. The van der Waals surface area contributed by atoms with Crippen molar-refractivity contribution in [2.24, 2.45) is 0 Å². The molecule has 2 aliphatic heterocycles. The summed E-state index contributed by atoms with van der Waals surface area (Å²) in [6, 6.07) is 28.8. The van der Waals surface area contributed by atoms with E-state index >= 15 is 0 Å². The summed E-state index contributed by atoms with van der Waals surface area (Å²) in [5, 5.41) is 5.86. The van der Waals surface area contributed by atoms with Gasteiger partial charge in [0, 0.05) is 18.2 Å². The van der Waals surface area contributed by atoms with Crippen molar-refractivity contribution < 1.29 is 19.1 Å². The number of carbonyl (C=O) groups is 2. The number of benzene rings is 3. The molecular weight excluding hydrogens is 478 g/mol. The normalized spacial score (nSPS) is 21.1. The van der Waals surface area contributed by atoms with Gasteiger partial charge in [-0.2, -0.15) is 0 Å². The molecule has 2 amide bonds. The topological polar surface area (TPSA) is 79.7 Å². The zero-order valence-corrected chi connectivity index (χ0v) is 21.7. The van der Waals surface area contributed by atoms with Gasteiger partial charge >= 0.3 is 0 Å². The third-order valence-electron chi connectivity index (χ3n) is 6.64. The Morgan fingerprint density at radius 2 is 1.39 bits per heavy atom. The van der Waals surface area contributed by atoms with Crippen molar-refractivity contribution >= 4 is 11.8 Å². The van der Waals surface area contributed by atoms with Crippen LogP contribution >= 0.6 is 0 Å². The van der Waals surface area contributed by atoms with Gasteiger partial charge in [0.2, 0.25) is 0 Å². The molecule has 2 heterocycles. The molecule has 3 atom stereocenters. The first-order valence-electron chi connectivity index (χ1n) is 13.0. The summed E-state index contributed by atoms with van der Waals surface area (Å²) >= 11 is 0. The van der Waals surface area contributed by atoms with Crippen molar-refractivity contribution in [1.29, 1.82) is 0 Å². The van der Waals surface area contributed by atoms with Crippen LogP contribution in [0.25, 0.3) is 0 Å². The smallest absolute Gasteiger partial charge is 0.269 e. The fraction of sp³-hybridized carbons (Fsp3) is 0.290. The molecule has 7 nitrogen and oxygen atoms in total. The van der Waals surface area contributed by atoms with Gasteiger partial charge in [-0.15, -0.1) is 0 Å². The summed E-state index contributed by atoms with van der Waals surface area (Å²) in [5.74, 6) is -0.692. The highest BCUT2D eigenvalue weighted by atomic mass is 16.5. The Labute approximate surface area is 223 Å². The van der Waals surface area contributed by atoms with Crippen LogP contribution in [0.1, 0.15) is 35.3 Å². The van der Waals surface area contributed by atoms with E-state index in [0.29, 0.717) is 24.5 Å². The molecule has 2 saturated heterocycles. The first kappa shape index (κ1) is 25.7. The molecule has 2 fully saturated rings. The van der Waals surface area contributed by atoms with E-state index in [-0.39, 0.29) is 35.7 Å². The van der Waals surface area contributed by atoms with Gasteiger partial charge in [-0.25, -0.2) is 0 Å². The molecule has 0 spiro atoms. The number of amides is 2. The van der Waals surface area contributed by atoms with Crippen molar-refractivity contribution in [3.63, 3.8) is 0 Å². The molecule has 2 N–H and O–H groups in total. The van der Waals surface area contributed by atoms with Gasteiger partial charge in [0.1, 0.15) is 17.9 Å². The van der Waals surface area contributed by atoms with Crippen LogP contribution in [0.15, 0.2) is 102 Å². The molecule has 5 rings (SSSR count). The number of carbonyl (C=O) groups excluding carboxylic acids is 2. The minimum atomic E-state index is -0.526. The average Bonchev–Trinajstić information content (AvgIpc) is 3.66. The van der Waals surface area contributed by atoms with Gasteiger partial charge in [0.15, 0.2) is 0 Å². The summed E-state index contributed by atoms with van der Waals surface area (Å²) < 4.78 is 12.9. The van der Waals surface area contributed by atoms with Gasteiger partial charge in [-0.3, -0.25) is 9.59 Å². The van der Waals surface area contributed by atoms with E-state index in [2.05, 4.69) is 15.5 Å². The van der Waals surface area contributed by atoms with Crippen LogP contribution < -0.4 is 10.6 Å². The zero-order chi connectivity index (χ0) is 26.5. The largest absolute Gasteiger partial charge is 0.368 e. The standard InChI is InChI=1S/C31H33N3O4/c1-21(2)32-31(36)26(33-30(35)24-16-10-5-11-17-24)27-29(38-20-23-14-8-4-9-15-23)28(25-18-34(25)27)37-19-22-12-6-3-7-13-22/h3-17,21,25,28-29H,18-20H2,1-2H3,(H,32,36)(H,33,35)/b27-26+/t25-,28+,29+,34?/m0/s1. The lowest BCUT2D eigenvalue weighted by atomic mass is 10.1. The highest BCUT2D eigenvalue weighted by molar-refractivity contribution is 6.03. The van der Waals surface area contributed by atoms with Crippen LogP contribution in [0.4, 0.5) is 0 Å². The number of hydrogen-bond donors (Lipinski definition) is 2. The predicted octanol–water partition coefficient (Wildman–Crippen LogP) is 4.02. The molecule has 0 aromatic heterocycles. The number of piperidine rings is 1. The second-order valence-corrected chi connectivity index (χ2v) is 9.91. The fourth-order valence-electron chi connectivity index (χ4n) is 4.77. The van der Waals surface area contributed by atoms with E-state index in [1.165, 1.54) is 0 Å². The van der Waals surface area contributed by atoms with Crippen LogP contribution in [0.2, 0.25) is 0 Å². The molecule has 38 heavy (non-hydrogen) atoms. The number of fused-ring (bicyclic) bond motifs is 1. The highest BCUT2D eigenvalue weighted by Crippen LogP contribution is 2.44. The first-order valence-corrected chi connectivity index (χ1v) is 13.0. The highest BCUT2D eigenvalue weighted by Gasteiger charge is 2.58. The Bertz CT molecular complexity index is 1280. The third kappa shape index (κ3) is 5.96. The number of hydrogen-bond acceptors (Lipinski definition) is 5. The summed E-state index contributed by atoms with van der Waals surface area (Å²) in [6.45, 7) is 5.30. The molecule has 0 bridgehead atoms. The summed E-state index contributed by atoms with van der Waals surface area (Å²) in [7, 11) is 0. The van der Waals surface area contributed by atoms with E-state index in [1.807, 2.05) is 80.6 Å². The molecule has 2 aliphatic rings. The summed E-state index contributed by atoms with van der Waals surface area (Å²) in [4.78, 5) is 28.8. The van der Waals surface area contributed by atoms with Crippen LogP contribution in [-0.4, -0.2) is 47.6 Å². The minimum Gasteiger partial charge on any atom is -0.368 e. The van der Waals surface area contributed by atoms with Crippen molar-refractivity contribution in [3.8, 4) is 0 Å². The van der Waals surface area contributed by atoms with Crippen LogP contribution in [0, 0.1) is 0 Å². The van der Waals surface area contributed by atoms with Gasteiger partial charge in [-0.05, 0) is 37.1 Å². The van der Waals surface area contributed by atoms with Crippen molar-refractivity contribution in [2.45, 2.75) is 51.4 Å². The summed E-state index contributed by atoms with van der Waals surface area (Å²) in [6.07, 6.45) is -0.814. The predicted molar refractivity (Wildman–Crippen MR) is 145 cm³/mol. The maximum absolute atomic E-state index is 13.5. The SMILES string of the molecule is CC(C)NC(=O)/C(NC(=O)c1ccccc1)=C1/[C@@H](OCc2ccccc2)[C@H](OCc2ccccc2)[C@@H]2CN12. The van der Waals surface area contributed by atoms with Crippen LogP contribution in [-0.2, 0) is 27.5 Å². The van der Waals surface area contributed by atoms with E-state index in [9.17, 15) is 9.59 Å². The quantitative estimate of drug-likeness (QED) is 0.318. The van der Waals surface area contributed by atoms with E-state index < -0.39 is 6.10 Å². The Hall–Kier alpha value is -3.94.